The summed E-state index contributed by atoms with van der Waals surface area (Å²) in [7, 11) is 2.60. The van der Waals surface area contributed by atoms with E-state index in [0.717, 1.165) is 0 Å². The number of amides is 1. The van der Waals surface area contributed by atoms with Gasteiger partial charge in [-0.05, 0) is 51.2 Å². The summed E-state index contributed by atoms with van der Waals surface area (Å²) in [6, 6.07) is 3.06. The largest absolute Gasteiger partial charge is 0.469 e. The van der Waals surface area contributed by atoms with Crippen LogP contribution in [0, 0.1) is 11.7 Å². The molecule has 1 aromatic heterocycles. The second-order valence-corrected chi connectivity index (χ2v) is 12.1. The molecular weight excluding hydrogens is 575 g/mol. The van der Waals surface area contributed by atoms with Gasteiger partial charge in [-0.1, -0.05) is 17.7 Å². The number of ether oxygens (including phenoxy) is 3. The van der Waals surface area contributed by atoms with E-state index in [9.17, 15) is 18.8 Å². The van der Waals surface area contributed by atoms with Gasteiger partial charge in [0.2, 0.25) is 0 Å². The van der Waals surface area contributed by atoms with Crippen molar-refractivity contribution in [2.24, 2.45) is 10.9 Å². The van der Waals surface area contributed by atoms with Crippen LogP contribution in [0.3, 0.4) is 0 Å². The lowest BCUT2D eigenvalue weighted by molar-refractivity contribution is -0.147. The number of allylic oxidation sites excluding steroid dienone is 1. The van der Waals surface area contributed by atoms with Gasteiger partial charge in [0.05, 0.1) is 31.8 Å². The average molecular weight is 605 g/mol. The van der Waals surface area contributed by atoms with Crippen LogP contribution in [0.2, 0.25) is 5.02 Å². The lowest BCUT2D eigenvalue weighted by Crippen LogP contribution is -2.61. The van der Waals surface area contributed by atoms with Gasteiger partial charge in [-0.3, -0.25) is 14.7 Å². The Kier molecular flexibility index (Phi) is 7.82. The first kappa shape index (κ1) is 29.0. The summed E-state index contributed by atoms with van der Waals surface area (Å²) in [4.78, 5) is 49.5. The van der Waals surface area contributed by atoms with Crippen LogP contribution in [-0.4, -0.2) is 65.7 Å². The predicted molar refractivity (Wildman–Crippen MR) is 149 cm³/mol. The molecule has 2 fully saturated rings. The standard InChI is InChI=1S/C28H30ClFN4O6S/c1-27(2)28(14-20(35)38-3)13-15(7-9-34(28)26(37)40-27)11-19-21(25(36)39-4)22(17-6-5-16(30)12-18(17)29)33-23(32-19)24-31-8-10-41-24/h5-6,8,10,12,15,22H,7,9,11,13-14H2,1-4H3,(H,32,33)/t15?,22-,28+/m0/s1. The van der Waals surface area contributed by atoms with E-state index in [4.69, 9.17) is 30.8 Å². The Morgan fingerprint density at radius 3 is 2.73 bits per heavy atom. The van der Waals surface area contributed by atoms with Crippen LogP contribution in [0.25, 0.3) is 0 Å². The molecule has 0 saturated carbocycles. The molecule has 1 unspecified atom stereocenters. The quantitative estimate of drug-likeness (QED) is 0.354. The number of benzene rings is 1. The Labute approximate surface area is 245 Å². The van der Waals surface area contributed by atoms with Crippen molar-refractivity contribution >= 4 is 46.8 Å². The van der Waals surface area contributed by atoms with Gasteiger partial charge in [0.15, 0.2) is 10.8 Å². The van der Waals surface area contributed by atoms with Crippen LogP contribution in [0.1, 0.15) is 56.1 Å². The minimum Gasteiger partial charge on any atom is -0.469 e. The van der Waals surface area contributed by atoms with Crippen molar-refractivity contribution < 1.29 is 33.0 Å². The monoisotopic (exact) mass is 604 g/mol. The summed E-state index contributed by atoms with van der Waals surface area (Å²) in [6.45, 7) is 3.97. The number of carbonyl (C=O) groups excluding carboxylic acids is 3. The Hall–Kier alpha value is -3.51. The fourth-order valence-corrected chi connectivity index (χ4v) is 6.94. The number of nitrogens with one attached hydrogen (secondary N) is 1. The number of carbonyl (C=O) groups is 3. The van der Waals surface area contributed by atoms with Crippen molar-refractivity contribution in [3.05, 3.63) is 62.5 Å². The van der Waals surface area contributed by atoms with Crippen molar-refractivity contribution in [1.82, 2.24) is 15.2 Å². The van der Waals surface area contributed by atoms with E-state index in [0.29, 0.717) is 47.9 Å². The smallest absolute Gasteiger partial charge is 0.411 e. The number of amidine groups is 1. The zero-order valence-electron chi connectivity index (χ0n) is 23.0. The maximum Gasteiger partial charge on any atom is 0.411 e. The molecule has 0 radical (unpaired) electrons. The summed E-state index contributed by atoms with van der Waals surface area (Å²) in [5.74, 6) is -1.21. The minimum absolute atomic E-state index is 0.0330. The van der Waals surface area contributed by atoms with Gasteiger partial charge in [0.1, 0.15) is 17.5 Å². The lowest BCUT2D eigenvalue weighted by atomic mass is 9.69. The van der Waals surface area contributed by atoms with Crippen molar-refractivity contribution in [3.63, 3.8) is 0 Å². The maximum atomic E-state index is 14.0. The number of cyclic esters (lactones) is 1. The molecule has 2 aromatic rings. The van der Waals surface area contributed by atoms with Gasteiger partial charge in [-0.2, -0.15) is 0 Å². The van der Waals surface area contributed by atoms with Gasteiger partial charge >= 0.3 is 18.0 Å². The molecule has 41 heavy (non-hydrogen) atoms. The number of hydrogen-bond acceptors (Lipinski definition) is 10. The fraction of sp³-hybridized carbons (Fsp3) is 0.464. The molecule has 2 saturated heterocycles. The topological polar surface area (TPSA) is 119 Å². The van der Waals surface area contributed by atoms with Crippen molar-refractivity contribution in [2.45, 2.75) is 56.7 Å². The van der Waals surface area contributed by atoms with Crippen molar-refractivity contribution in [3.8, 4) is 0 Å². The van der Waals surface area contributed by atoms with Crippen LogP contribution >= 0.6 is 22.9 Å². The van der Waals surface area contributed by atoms with E-state index in [1.807, 2.05) is 5.38 Å². The number of thiazole rings is 1. The molecule has 3 aliphatic heterocycles. The maximum absolute atomic E-state index is 14.0. The second kappa shape index (κ2) is 11.1. The molecule has 0 bridgehead atoms. The third-order valence-corrected chi connectivity index (χ3v) is 9.28. The normalized spacial score (nSPS) is 25.2. The minimum atomic E-state index is -0.964. The average Bonchev–Trinajstić information content (AvgIpc) is 3.53. The molecular formula is C28H30ClFN4O6S. The van der Waals surface area contributed by atoms with E-state index in [-0.39, 0.29) is 22.9 Å². The summed E-state index contributed by atoms with van der Waals surface area (Å²) in [6.07, 6.45) is 2.53. The highest BCUT2D eigenvalue weighted by Crippen LogP contribution is 2.50. The third kappa shape index (κ3) is 5.19. The number of esters is 2. The Bertz CT molecular complexity index is 1440. The summed E-state index contributed by atoms with van der Waals surface area (Å²) < 4.78 is 29.9. The van der Waals surface area contributed by atoms with Crippen LogP contribution in [-0.2, 0) is 23.8 Å². The molecule has 3 aliphatic rings. The number of methoxy groups -OCH3 is 2. The highest BCUT2D eigenvalue weighted by atomic mass is 35.5. The molecule has 1 amide bonds. The molecule has 0 aliphatic carbocycles. The van der Waals surface area contributed by atoms with E-state index >= 15 is 0 Å². The third-order valence-electron chi connectivity index (χ3n) is 8.17. The first-order valence-corrected chi connectivity index (χ1v) is 14.3. The number of aromatic nitrogens is 1. The van der Waals surface area contributed by atoms with Gasteiger partial charge in [-0.15, -0.1) is 11.3 Å². The second-order valence-electron chi connectivity index (χ2n) is 10.8. The highest BCUT2D eigenvalue weighted by Gasteiger charge is 2.63. The SMILES string of the molecule is COC(=O)C[C@@]12CC(CC3=C(C(=O)OC)[C@H](c4ccc(F)cc4Cl)N=C(c4nccs4)N3)CCN1C(=O)OC2(C)C. The van der Waals surface area contributed by atoms with E-state index in [1.54, 1.807) is 24.9 Å². The van der Waals surface area contributed by atoms with E-state index in [2.05, 4.69) is 10.3 Å². The first-order chi connectivity index (χ1) is 19.5. The predicted octanol–water partition coefficient (Wildman–Crippen LogP) is 4.79. The molecule has 10 nitrogen and oxygen atoms in total. The molecule has 5 rings (SSSR count). The molecule has 1 aromatic carbocycles. The van der Waals surface area contributed by atoms with Crippen LogP contribution in [0.15, 0.2) is 46.0 Å². The molecule has 13 heteroatoms. The fourth-order valence-electron chi connectivity index (χ4n) is 6.08. The summed E-state index contributed by atoms with van der Waals surface area (Å²) in [5.41, 5.74) is -0.670. The number of nitrogens with zero attached hydrogens (tertiary/aromatic N) is 3. The summed E-state index contributed by atoms with van der Waals surface area (Å²) >= 11 is 7.83. The molecule has 1 N–H and O–H groups in total. The first-order valence-electron chi connectivity index (χ1n) is 13.1. The number of aliphatic imine (C=N–C) groups is 1. The van der Waals surface area contributed by atoms with Crippen molar-refractivity contribution in [1.29, 1.82) is 0 Å². The van der Waals surface area contributed by atoms with E-state index in [1.165, 1.54) is 43.8 Å². The molecule has 3 atom stereocenters. The van der Waals surface area contributed by atoms with Crippen LogP contribution < -0.4 is 5.32 Å². The molecule has 218 valence electrons. The Balaban J connectivity index is 1.57. The number of rotatable bonds is 7. The lowest BCUT2D eigenvalue weighted by Gasteiger charge is -2.48. The van der Waals surface area contributed by atoms with Gasteiger partial charge in [-0.25, -0.2) is 19.0 Å². The Morgan fingerprint density at radius 2 is 2.07 bits per heavy atom. The zero-order chi connectivity index (χ0) is 29.5. The van der Waals surface area contributed by atoms with Crippen LogP contribution in [0.5, 0.6) is 0 Å². The van der Waals surface area contributed by atoms with E-state index < -0.39 is 41.0 Å². The number of piperidine rings is 1. The van der Waals surface area contributed by atoms with Gasteiger partial charge in [0, 0.05) is 34.4 Å². The van der Waals surface area contributed by atoms with Gasteiger partial charge < -0.3 is 19.5 Å². The zero-order valence-corrected chi connectivity index (χ0v) is 24.6. The number of fused-ring (bicyclic) bond motifs is 1. The Morgan fingerprint density at radius 1 is 1.29 bits per heavy atom. The van der Waals surface area contributed by atoms with Crippen LogP contribution in [0.4, 0.5) is 9.18 Å². The highest BCUT2D eigenvalue weighted by molar-refractivity contribution is 7.11. The number of hydrogen-bond donors (Lipinski definition) is 1. The number of halogens is 2. The van der Waals surface area contributed by atoms with Gasteiger partial charge in [0.25, 0.3) is 0 Å². The van der Waals surface area contributed by atoms with Crippen molar-refractivity contribution in [2.75, 3.05) is 20.8 Å². The molecule has 4 heterocycles. The molecule has 0 spiro atoms. The summed E-state index contributed by atoms with van der Waals surface area (Å²) in [5, 5.41) is 5.84.